The molecule has 2 aromatic rings. The van der Waals surface area contributed by atoms with Crippen molar-refractivity contribution in [2.24, 2.45) is 10.7 Å². The molecule has 0 unspecified atom stereocenters. The van der Waals surface area contributed by atoms with Gasteiger partial charge in [-0.15, -0.1) is 0 Å². The number of benzene rings is 1. The van der Waals surface area contributed by atoms with Gasteiger partial charge in [0.15, 0.2) is 9.91 Å². The smallest absolute Gasteiger partial charge is 0.253 e. The lowest BCUT2D eigenvalue weighted by Crippen LogP contribution is -2.52. The molecule has 5 nitrogen and oxygen atoms in total. The number of amides is 1. The maximum atomic E-state index is 15.0. The van der Waals surface area contributed by atoms with Crippen LogP contribution in [0.1, 0.15) is 49.1 Å². The van der Waals surface area contributed by atoms with E-state index in [1.807, 2.05) is 0 Å². The molecule has 5 rings (SSSR count). The van der Waals surface area contributed by atoms with Crippen molar-refractivity contribution < 1.29 is 13.6 Å². The molecule has 1 saturated heterocycles. The van der Waals surface area contributed by atoms with Gasteiger partial charge in [0, 0.05) is 36.4 Å². The molecule has 1 amide bonds. The number of rotatable bonds is 4. The molecule has 1 aromatic heterocycles. The minimum absolute atomic E-state index is 0.0806. The largest absolute Gasteiger partial charge is 0.378 e. The third kappa shape index (κ3) is 3.18. The Bertz CT molecular complexity index is 1390. The molecule has 8 heteroatoms. The molecule has 0 bridgehead atoms. The van der Waals surface area contributed by atoms with E-state index in [2.05, 4.69) is 28.7 Å². The Morgan fingerprint density at radius 1 is 1.32 bits per heavy atom. The monoisotopic (exact) mass is 476 g/mol. The van der Waals surface area contributed by atoms with Crippen LogP contribution in [-0.4, -0.2) is 32.8 Å². The van der Waals surface area contributed by atoms with Crippen LogP contribution in [-0.2, 0) is 10.3 Å². The van der Waals surface area contributed by atoms with Crippen molar-refractivity contribution in [2.75, 3.05) is 7.05 Å². The van der Waals surface area contributed by atoms with Gasteiger partial charge >= 0.3 is 0 Å². The van der Waals surface area contributed by atoms with E-state index in [-0.39, 0.29) is 22.3 Å². The van der Waals surface area contributed by atoms with Crippen LogP contribution in [0, 0.1) is 17.7 Å². The quantitative estimate of drug-likeness (QED) is 0.517. The number of β-lactam (4-membered cyclic amide) rings is 1. The number of carbonyl (C=O) groups excluding carboxylic acids is 1. The summed E-state index contributed by atoms with van der Waals surface area (Å²) < 4.78 is 29.2. The van der Waals surface area contributed by atoms with Crippen molar-refractivity contribution in [2.45, 2.75) is 37.0 Å². The van der Waals surface area contributed by atoms with Gasteiger partial charge in [0.2, 0.25) is 0 Å². The molecule has 172 valence electrons. The van der Waals surface area contributed by atoms with Crippen LogP contribution in [0.3, 0.4) is 0 Å². The highest BCUT2D eigenvalue weighted by Crippen LogP contribution is 2.71. The zero-order valence-corrected chi connectivity index (χ0v) is 19.8. The van der Waals surface area contributed by atoms with Gasteiger partial charge in [-0.05, 0) is 49.2 Å². The van der Waals surface area contributed by atoms with Crippen LogP contribution in [0.5, 0.6) is 0 Å². The van der Waals surface area contributed by atoms with Crippen LogP contribution < -0.4 is 5.73 Å². The Balaban J connectivity index is 1.48. The zero-order chi connectivity index (χ0) is 24.3. The standard InChI is InChI=1S/C26H22F2N4OS/c1-4-5-6-7-15-9-11-20(30-14-15)19(28)13-16-8-10-18(27)17(12-16)25(2)21-22-26(21,23(33)32(22)3)34-24(29)31-25/h8-14H,4-5H2,1-3H3,(H2,29,31)/b19-13-/t25-,26-/m1/s1. The first-order chi connectivity index (χ1) is 16.2. The Kier molecular flexibility index (Phi) is 5.14. The number of pyridine rings is 1. The van der Waals surface area contributed by atoms with Crippen molar-refractivity contribution in [1.82, 2.24) is 9.88 Å². The second-order valence-corrected chi connectivity index (χ2v) is 9.84. The first kappa shape index (κ1) is 22.4. The second kappa shape index (κ2) is 7.81. The molecule has 1 fully saturated rings. The first-order valence-corrected chi connectivity index (χ1v) is 11.7. The minimum Gasteiger partial charge on any atom is -0.378 e. The fourth-order valence-electron chi connectivity index (χ4n) is 4.64. The van der Waals surface area contributed by atoms with Crippen LogP contribution in [0.4, 0.5) is 8.78 Å². The van der Waals surface area contributed by atoms with Gasteiger partial charge in [0.05, 0.1) is 11.4 Å². The lowest BCUT2D eigenvalue weighted by molar-refractivity contribution is -0.132. The number of aliphatic imine (C=N–C) groups is 1. The van der Waals surface area contributed by atoms with Crippen molar-refractivity contribution in [3.8, 4) is 11.8 Å². The number of carbonyl (C=O) groups is 1. The van der Waals surface area contributed by atoms with Crippen LogP contribution in [0.25, 0.3) is 11.9 Å². The minimum atomic E-state index is -1.15. The maximum Gasteiger partial charge on any atom is 0.253 e. The molecular formula is C26H22F2N4OS. The molecular weight excluding hydrogens is 454 g/mol. The first-order valence-electron chi connectivity index (χ1n) is 10.9. The Morgan fingerprint density at radius 2 is 2.12 bits per heavy atom. The summed E-state index contributed by atoms with van der Waals surface area (Å²) in [5, 5.41) is 0.223. The molecule has 2 aliphatic heterocycles. The van der Waals surface area contributed by atoms with E-state index >= 15 is 4.39 Å². The van der Waals surface area contributed by atoms with Gasteiger partial charge in [-0.2, -0.15) is 0 Å². The van der Waals surface area contributed by atoms with E-state index in [1.165, 1.54) is 36.2 Å². The molecule has 1 spiro atoms. The molecule has 3 heterocycles. The van der Waals surface area contributed by atoms with E-state index in [0.717, 1.165) is 29.7 Å². The lowest BCUT2D eigenvalue weighted by atomic mass is 9.86. The van der Waals surface area contributed by atoms with Gasteiger partial charge in [0.1, 0.15) is 17.2 Å². The molecule has 3 aliphatic rings. The lowest BCUT2D eigenvalue weighted by Gasteiger charge is -2.37. The second-order valence-electron chi connectivity index (χ2n) is 8.61. The van der Waals surface area contributed by atoms with Crippen molar-refractivity contribution in [3.05, 3.63) is 76.0 Å². The number of thioether (sulfide) groups is 1. The summed E-state index contributed by atoms with van der Waals surface area (Å²) in [7, 11) is 1.68. The number of halogens is 2. The van der Waals surface area contributed by atoms with Crippen molar-refractivity contribution in [1.29, 1.82) is 0 Å². The number of aromatic nitrogens is 1. The number of hydrogen-bond donors (Lipinski definition) is 1. The molecule has 0 radical (unpaired) electrons. The van der Waals surface area contributed by atoms with Crippen molar-refractivity contribution in [3.63, 3.8) is 0 Å². The number of hydrogen-bond acceptors (Lipinski definition) is 5. The summed E-state index contributed by atoms with van der Waals surface area (Å²) in [4.78, 5) is 22.8. The third-order valence-electron chi connectivity index (χ3n) is 6.30. The van der Waals surface area contributed by atoms with Crippen LogP contribution >= 0.6 is 11.8 Å². The van der Waals surface area contributed by atoms with E-state index < -0.39 is 21.9 Å². The van der Waals surface area contributed by atoms with Gasteiger partial charge < -0.3 is 10.6 Å². The zero-order valence-electron chi connectivity index (χ0n) is 18.9. The van der Waals surface area contributed by atoms with E-state index in [0.29, 0.717) is 5.56 Å². The fraction of sp³-hybridized carbons (Fsp3) is 0.269. The predicted molar refractivity (Wildman–Crippen MR) is 130 cm³/mol. The summed E-state index contributed by atoms with van der Waals surface area (Å²) in [6, 6.07) is 7.60. The number of nitrogens with two attached hydrogens (primary N) is 1. The van der Waals surface area contributed by atoms with E-state index in [1.54, 1.807) is 37.1 Å². The maximum absolute atomic E-state index is 15.0. The van der Waals surface area contributed by atoms with Gasteiger partial charge in [-0.1, -0.05) is 36.6 Å². The topological polar surface area (TPSA) is 71.6 Å². The Labute approximate surface area is 200 Å². The van der Waals surface area contributed by atoms with Gasteiger partial charge in [-0.25, -0.2) is 13.8 Å². The van der Waals surface area contributed by atoms with Gasteiger partial charge in [0.25, 0.3) is 5.91 Å². The number of amidine groups is 1. The highest BCUT2D eigenvalue weighted by Gasteiger charge is 2.78. The summed E-state index contributed by atoms with van der Waals surface area (Å²) >= 11 is 1.20. The average molecular weight is 477 g/mol. The number of nitrogens with zero attached hydrogens (tertiary/aromatic N) is 3. The normalized spacial score (nSPS) is 25.1. The summed E-state index contributed by atoms with van der Waals surface area (Å²) in [6.07, 6.45) is 4.59. The number of likely N-dealkylation sites (tertiary alicyclic amines) is 1. The number of unbranched alkanes of at least 4 members (excludes halogenated alkanes) is 1. The predicted octanol–water partition coefficient (Wildman–Crippen LogP) is 4.60. The third-order valence-corrected chi connectivity index (χ3v) is 7.48. The van der Waals surface area contributed by atoms with Gasteiger partial charge in [-0.3, -0.25) is 9.78 Å². The highest BCUT2D eigenvalue weighted by atomic mass is 32.2. The Morgan fingerprint density at radius 3 is 2.82 bits per heavy atom. The van der Waals surface area contributed by atoms with Crippen molar-refractivity contribution >= 4 is 34.7 Å². The molecule has 0 saturated carbocycles. The summed E-state index contributed by atoms with van der Waals surface area (Å²) in [6.45, 7) is 3.79. The molecule has 2 atom stereocenters. The summed E-state index contributed by atoms with van der Waals surface area (Å²) in [5.74, 6) is 4.89. The molecule has 2 N–H and O–H groups in total. The molecule has 1 aromatic carbocycles. The molecule has 34 heavy (non-hydrogen) atoms. The fourth-order valence-corrected chi connectivity index (χ4v) is 6.09. The Hall–Kier alpha value is -3.44. The molecule has 1 aliphatic carbocycles. The average Bonchev–Trinajstić information content (AvgIpc) is 3.46. The highest BCUT2D eigenvalue weighted by molar-refractivity contribution is 8.16. The van der Waals surface area contributed by atoms with Crippen LogP contribution in [0.2, 0.25) is 0 Å². The van der Waals surface area contributed by atoms with E-state index in [4.69, 9.17) is 5.73 Å². The summed E-state index contributed by atoms with van der Waals surface area (Å²) in [5.41, 5.74) is 8.04. The van der Waals surface area contributed by atoms with E-state index in [9.17, 15) is 9.18 Å². The SMILES string of the molecule is CCCC#Cc1ccc(/C(F)=C/c2ccc(F)c([C@@]3(C)N=C(N)S[C@@]45C(=O)N(C)C4=C53)c2)nc1. The van der Waals surface area contributed by atoms with Crippen LogP contribution in [0.15, 0.2) is 52.8 Å².